The van der Waals surface area contributed by atoms with Gasteiger partial charge in [0.05, 0.1) is 0 Å². The molecule has 0 amide bonds. The van der Waals surface area contributed by atoms with Gasteiger partial charge in [-0.15, -0.1) is 0 Å². The van der Waals surface area contributed by atoms with Crippen LogP contribution in [0.2, 0.25) is 0 Å². The molecule has 1 saturated carbocycles. The van der Waals surface area contributed by atoms with E-state index in [-0.39, 0.29) is 0 Å². The van der Waals surface area contributed by atoms with Crippen LogP contribution in [-0.2, 0) is 0 Å². The van der Waals surface area contributed by atoms with Gasteiger partial charge in [-0.3, -0.25) is 0 Å². The van der Waals surface area contributed by atoms with Gasteiger partial charge in [0.1, 0.15) is 0 Å². The van der Waals surface area contributed by atoms with Crippen LogP contribution in [0.5, 0.6) is 0 Å². The van der Waals surface area contributed by atoms with Crippen molar-refractivity contribution >= 4 is 0 Å². The predicted molar refractivity (Wildman–Crippen MR) is 58.5 cm³/mol. The number of unbranched alkanes of at least 4 members (excludes halogenated alkanes) is 1. The lowest BCUT2D eigenvalue weighted by Crippen LogP contribution is -2.34. The van der Waals surface area contributed by atoms with Crippen molar-refractivity contribution in [3.05, 3.63) is 12.2 Å². The Labute approximate surface area is 82.4 Å². The average Bonchev–Trinajstić information content (AvgIpc) is 2.11. The molecule has 1 fully saturated rings. The highest BCUT2D eigenvalue weighted by atomic mass is 14.7. The molecule has 76 valence electrons. The summed E-state index contributed by atoms with van der Waals surface area (Å²) in [5.41, 5.74) is 6.07. The molecule has 1 nitrogen and oxygen atoms in total. The van der Waals surface area contributed by atoms with E-state index in [2.05, 4.69) is 26.0 Å². The molecule has 2 N–H and O–H groups in total. The van der Waals surface area contributed by atoms with Crippen molar-refractivity contribution in [3.8, 4) is 0 Å². The van der Waals surface area contributed by atoms with E-state index in [1.807, 2.05) is 0 Å². The van der Waals surface area contributed by atoms with Crippen LogP contribution in [0.4, 0.5) is 0 Å². The van der Waals surface area contributed by atoms with Crippen molar-refractivity contribution in [1.82, 2.24) is 0 Å². The molecule has 0 aromatic heterocycles. The summed E-state index contributed by atoms with van der Waals surface area (Å²) in [5, 5.41) is 0. The quantitative estimate of drug-likeness (QED) is 0.665. The molecule has 1 rings (SSSR count). The predicted octanol–water partition coefficient (Wildman–Crippen LogP) is 3.11. The fourth-order valence-corrected chi connectivity index (χ4v) is 2.11. The van der Waals surface area contributed by atoms with Crippen LogP contribution in [0.25, 0.3) is 0 Å². The molecular weight excluding hydrogens is 158 g/mol. The third-order valence-electron chi connectivity index (χ3n) is 3.06. The minimum absolute atomic E-state index is 0.421. The first-order chi connectivity index (χ1) is 6.24. The molecule has 13 heavy (non-hydrogen) atoms. The zero-order valence-corrected chi connectivity index (χ0v) is 9.00. The highest BCUT2D eigenvalue weighted by Gasteiger charge is 2.23. The third-order valence-corrected chi connectivity index (χ3v) is 3.06. The smallest absolute Gasteiger partial charge is 0.0102 e. The fourth-order valence-electron chi connectivity index (χ4n) is 2.11. The number of hydrogen-bond donors (Lipinski definition) is 1. The van der Waals surface area contributed by atoms with Gasteiger partial charge in [-0.25, -0.2) is 0 Å². The summed E-state index contributed by atoms with van der Waals surface area (Å²) in [4.78, 5) is 0. The average molecular weight is 181 g/mol. The van der Waals surface area contributed by atoms with Gasteiger partial charge in [0.2, 0.25) is 0 Å². The monoisotopic (exact) mass is 181 g/mol. The first kappa shape index (κ1) is 10.8. The Bertz CT molecular complexity index is 163. The van der Waals surface area contributed by atoms with E-state index in [0.717, 1.165) is 5.92 Å². The van der Waals surface area contributed by atoms with Gasteiger partial charge in [-0.1, -0.05) is 32.4 Å². The Morgan fingerprint density at radius 2 is 2.15 bits per heavy atom. The zero-order valence-electron chi connectivity index (χ0n) is 9.00. The second kappa shape index (κ2) is 5.43. The van der Waals surface area contributed by atoms with E-state index in [1.54, 1.807) is 0 Å². The van der Waals surface area contributed by atoms with Gasteiger partial charge < -0.3 is 5.73 Å². The summed E-state index contributed by atoms with van der Waals surface area (Å²) < 4.78 is 0. The van der Waals surface area contributed by atoms with E-state index in [4.69, 9.17) is 5.73 Å². The maximum atomic E-state index is 6.07. The van der Waals surface area contributed by atoms with Crippen molar-refractivity contribution in [2.24, 2.45) is 17.6 Å². The summed E-state index contributed by atoms with van der Waals surface area (Å²) in [6, 6.07) is 0.421. The van der Waals surface area contributed by atoms with Crippen LogP contribution in [0.1, 0.15) is 46.0 Å². The Balaban J connectivity index is 2.37. The van der Waals surface area contributed by atoms with Crippen LogP contribution < -0.4 is 5.73 Å². The molecule has 0 heterocycles. The van der Waals surface area contributed by atoms with Gasteiger partial charge in [0, 0.05) is 6.04 Å². The van der Waals surface area contributed by atoms with E-state index in [9.17, 15) is 0 Å². The van der Waals surface area contributed by atoms with E-state index < -0.39 is 0 Å². The van der Waals surface area contributed by atoms with Crippen molar-refractivity contribution in [2.45, 2.75) is 52.0 Å². The largest absolute Gasteiger partial charge is 0.327 e. The van der Waals surface area contributed by atoms with Crippen LogP contribution in [0.3, 0.4) is 0 Å². The Morgan fingerprint density at radius 3 is 2.85 bits per heavy atom. The molecule has 1 heteroatoms. The topological polar surface area (TPSA) is 26.0 Å². The van der Waals surface area contributed by atoms with Crippen molar-refractivity contribution in [3.63, 3.8) is 0 Å². The first-order valence-electron chi connectivity index (χ1n) is 5.66. The van der Waals surface area contributed by atoms with Gasteiger partial charge in [-0.2, -0.15) is 0 Å². The van der Waals surface area contributed by atoms with Crippen molar-refractivity contribution < 1.29 is 0 Å². The zero-order chi connectivity index (χ0) is 9.68. The standard InChI is InChI=1S/C12H23N/c1-3-4-5-6-11-9-10(2)7-8-12(11)13/h5-6,10-12H,3-4,7-9,13H2,1-2H3/b6-5-. The second-order valence-electron chi connectivity index (χ2n) is 4.46. The third kappa shape index (κ3) is 3.51. The number of allylic oxidation sites excluding steroid dienone is 1. The van der Waals surface area contributed by atoms with Gasteiger partial charge in [0.25, 0.3) is 0 Å². The molecule has 0 bridgehead atoms. The molecule has 0 aromatic carbocycles. The highest BCUT2D eigenvalue weighted by molar-refractivity contribution is 4.96. The maximum absolute atomic E-state index is 6.07. The van der Waals surface area contributed by atoms with Crippen LogP contribution >= 0.6 is 0 Å². The number of hydrogen-bond acceptors (Lipinski definition) is 1. The summed E-state index contributed by atoms with van der Waals surface area (Å²) in [5.74, 6) is 1.52. The van der Waals surface area contributed by atoms with Gasteiger partial charge >= 0.3 is 0 Å². The van der Waals surface area contributed by atoms with E-state index >= 15 is 0 Å². The summed E-state index contributed by atoms with van der Waals surface area (Å²) in [6.07, 6.45) is 10.9. The molecule has 3 unspecified atom stereocenters. The number of nitrogens with two attached hydrogens (primary N) is 1. The van der Waals surface area contributed by atoms with Crippen LogP contribution in [0.15, 0.2) is 12.2 Å². The summed E-state index contributed by atoms with van der Waals surface area (Å²) in [6.45, 7) is 4.56. The summed E-state index contributed by atoms with van der Waals surface area (Å²) >= 11 is 0. The van der Waals surface area contributed by atoms with Gasteiger partial charge in [-0.05, 0) is 37.5 Å². The molecule has 0 aromatic rings. The lowest BCUT2D eigenvalue weighted by atomic mass is 9.79. The molecule has 1 aliphatic carbocycles. The first-order valence-corrected chi connectivity index (χ1v) is 5.66. The minimum Gasteiger partial charge on any atom is -0.327 e. The molecule has 1 aliphatic rings. The fraction of sp³-hybridized carbons (Fsp3) is 0.833. The Hall–Kier alpha value is -0.300. The van der Waals surface area contributed by atoms with Crippen LogP contribution in [0, 0.1) is 11.8 Å². The van der Waals surface area contributed by atoms with Gasteiger partial charge in [0.15, 0.2) is 0 Å². The number of rotatable bonds is 3. The minimum atomic E-state index is 0.421. The summed E-state index contributed by atoms with van der Waals surface area (Å²) in [7, 11) is 0. The van der Waals surface area contributed by atoms with Crippen molar-refractivity contribution in [2.75, 3.05) is 0 Å². The Kier molecular flexibility index (Phi) is 4.51. The Morgan fingerprint density at radius 1 is 1.38 bits per heavy atom. The van der Waals surface area contributed by atoms with Crippen molar-refractivity contribution in [1.29, 1.82) is 0 Å². The van der Waals surface area contributed by atoms with E-state index in [1.165, 1.54) is 32.1 Å². The lowest BCUT2D eigenvalue weighted by molar-refractivity contribution is 0.286. The SMILES string of the molecule is CCC/C=C\C1CC(C)CCC1N. The van der Waals surface area contributed by atoms with E-state index in [0.29, 0.717) is 12.0 Å². The maximum Gasteiger partial charge on any atom is 0.0102 e. The second-order valence-corrected chi connectivity index (χ2v) is 4.46. The molecule has 0 radical (unpaired) electrons. The molecule has 0 saturated heterocycles. The highest BCUT2D eigenvalue weighted by Crippen LogP contribution is 2.28. The van der Waals surface area contributed by atoms with Crippen LogP contribution in [-0.4, -0.2) is 6.04 Å². The molecule has 0 spiro atoms. The molecular formula is C12H23N. The normalized spacial score (nSPS) is 35.5. The lowest BCUT2D eigenvalue weighted by Gasteiger charge is -2.30. The molecule has 3 atom stereocenters. The molecule has 0 aliphatic heterocycles.